The predicted molar refractivity (Wildman–Crippen MR) is 90.4 cm³/mol. The van der Waals surface area contributed by atoms with Gasteiger partial charge in [0.1, 0.15) is 0 Å². The van der Waals surface area contributed by atoms with Crippen molar-refractivity contribution in [2.75, 3.05) is 17.6 Å². The summed E-state index contributed by atoms with van der Waals surface area (Å²) in [6.07, 6.45) is 0.983. The smallest absolute Gasteiger partial charge is 0.230 e. The topological polar surface area (TPSA) is 66.9 Å². The van der Waals surface area contributed by atoms with Gasteiger partial charge in [-0.3, -0.25) is 4.79 Å². The molecule has 8 heteroatoms. The van der Waals surface area contributed by atoms with Gasteiger partial charge in [0.25, 0.3) is 0 Å². The van der Waals surface area contributed by atoms with Crippen LogP contribution in [0.25, 0.3) is 0 Å². The van der Waals surface area contributed by atoms with Gasteiger partial charge < -0.3 is 10.6 Å². The first-order valence-corrected chi connectivity index (χ1v) is 9.33. The Morgan fingerprint density at radius 2 is 2.29 bits per heavy atom. The van der Waals surface area contributed by atoms with Gasteiger partial charge in [0.05, 0.1) is 5.75 Å². The number of thiophene rings is 1. The summed E-state index contributed by atoms with van der Waals surface area (Å²) in [4.78, 5) is 12.9. The molecule has 0 saturated carbocycles. The molecule has 0 bridgehead atoms. The minimum atomic E-state index is 0.0254. The molecule has 0 aliphatic rings. The highest BCUT2D eigenvalue weighted by Gasteiger charge is 2.08. The maximum absolute atomic E-state index is 11.5. The number of anilines is 1. The van der Waals surface area contributed by atoms with E-state index < -0.39 is 0 Å². The maximum Gasteiger partial charge on any atom is 0.230 e. The number of carbonyl (C=O) groups excluding carboxylic acids is 1. The van der Waals surface area contributed by atoms with Crippen LogP contribution in [0.3, 0.4) is 0 Å². The zero-order chi connectivity index (χ0) is 15.1. The Kier molecular flexibility index (Phi) is 6.47. The first-order chi connectivity index (χ1) is 10.1. The Morgan fingerprint density at radius 3 is 3.00 bits per heavy atom. The van der Waals surface area contributed by atoms with E-state index in [9.17, 15) is 4.79 Å². The Balaban J connectivity index is 1.70. The zero-order valence-electron chi connectivity index (χ0n) is 12.0. The lowest BCUT2D eigenvalue weighted by Gasteiger charge is -2.06. The van der Waals surface area contributed by atoms with Crippen LogP contribution in [0.15, 0.2) is 21.9 Å². The molecule has 2 aromatic rings. The molecule has 0 spiro atoms. The molecule has 2 aromatic heterocycles. The summed E-state index contributed by atoms with van der Waals surface area (Å²) in [7, 11) is 0. The molecule has 0 aliphatic heterocycles. The van der Waals surface area contributed by atoms with E-state index in [1.165, 1.54) is 28.0 Å². The third-order valence-electron chi connectivity index (χ3n) is 2.41. The summed E-state index contributed by atoms with van der Waals surface area (Å²) in [6, 6.07) is 4.35. The number of aromatic nitrogens is 2. The molecule has 114 valence electrons. The van der Waals surface area contributed by atoms with E-state index in [2.05, 4.69) is 38.3 Å². The first kappa shape index (κ1) is 16.3. The molecule has 21 heavy (non-hydrogen) atoms. The van der Waals surface area contributed by atoms with E-state index in [0.717, 1.165) is 22.4 Å². The summed E-state index contributed by atoms with van der Waals surface area (Å²) in [6.45, 7) is 4.74. The fraction of sp³-hybridized carbons (Fsp3) is 0.462. The van der Waals surface area contributed by atoms with Crippen LogP contribution in [0, 0.1) is 0 Å². The average Bonchev–Trinajstić information content (AvgIpc) is 3.07. The van der Waals surface area contributed by atoms with Crippen molar-refractivity contribution in [2.45, 2.75) is 30.6 Å². The van der Waals surface area contributed by atoms with Gasteiger partial charge in [-0.2, -0.15) is 0 Å². The lowest BCUT2D eigenvalue weighted by molar-refractivity contribution is -0.119. The number of hydrogen-bond acceptors (Lipinski definition) is 7. The van der Waals surface area contributed by atoms with Crippen molar-refractivity contribution in [3.8, 4) is 0 Å². The van der Waals surface area contributed by atoms with Gasteiger partial charge in [-0.1, -0.05) is 29.2 Å². The second kappa shape index (κ2) is 8.35. The van der Waals surface area contributed by atoms with E-state index in [4.69, 9.17) is 0 Å². The Labute approximate surface area is 136 Å². The second-order valence-electron chi connectivity index (χ2n) is 4.64. The summed E-state index contributed by atoms with van der Waals surface area (Å²) >= 11 is 4.66. The molecule has 0 fully saturated rings. The van der Waals surface area contributed by atoms with Gasteiger partial charge in [-0.25, -0.2) is 0 Å². The number of thioether (sulfide) groups is 1. The number of hydrogen-bond donors (Lipinski definition) is 2. The van der Waals surface area contributed by atoms with Crippen molar-refractivity contribution in [3.63, 3.8) is 0 Å². The van der Waals surface area contributed by atoms with Crippen molar-refractivity contribution < 1.29 is 4.79 Å². The predicted octanol–water partition coefficient (Wildman–Crippen LogP) is 2.87. The van der Waals surface area contributed by atoms with Crippen LogP contribution in [-0.2, 0) is 11.2 Å². The van der Waals surface area contributed by atoms with Crippen LogP contribution < -0.4 is 10.6 Å². The molecular weight excluding hydrogens is 324 g/mol. The maximum atomic E-state index is 11.5. The van der Waals surface area contributed by atoms with Crippen LogP contribution >= 0.6 is 34.4 Å². The van der Waals surface area contributed by atoms with Crippen molar-refractivity contribution >= 4 is 45.5 Å². The average molecular weight is 343 g/mol. The lowest BCUT2D eigenvalue weighted by atomic mass is 10.3. The molecule has 2 N–H and O–H groups in total. The van der Waals surface area contributed by atoms with Crippen molar-refractivity contribution in [2.24, 2.45) is 0 Å². The Morgan fingerprint density at radius 1 is 1.43 bits per heavy atom. The molecule has 1 amide bonds. The highest BCUT2D eigenvalue weighted by atomic mass is 32.2. The number of nitrogens with one attached hydrogen (secondary N) is 2. The monoisotopic (exact) mass is 342 g/mol. The van der Waals surface area contributed by atoms with Crippen LogP contribution in [0.2, 0.25) is 0 Å². The largest absolute Gasteiger partial charge is 0.360 e. The molecule has 0 aromatic carbocycles. The van der Waals surface area contributed by atoms with E-state index in [1.54, 1.807) is 11.3 Å². The minimum Gasteiger partial charge on any atom is -0.360 e. The van der Waals surface area contributed by atoms with Gasteiger partial charge in [0, 0.05) is 17.5 Å². The minimum absolute atomic E-state index is 0.0254. The van der Waals surface area contributed by atoms with E-state index in [-0.39, 0.29) is 11.9 Å². The van der Waals surface area contributed by atoms with E-state index >= 15 is 0 Å². The lowest BCUT2D eigenvalue weighted by Crippen LogP contribution is -2.31. The van der Waals surface area contributed by atoms with Crippen LogP contribution in [0.5, 0.6) is 0 Å². The summed E-state index contributed by atoms with van der Waals surface area (Å²) in [5.41, 5.74) is 0. The third kappa shape index (κ3) is 6.03. The fourth-order valence-corrected chi connectivity index (χ4v) is 3.88. The van der Waals surface area contributed by atoms with E-state index in [1.807, 2.05) is 13.8 Å². The van der Waals surface area contributed by atoms with Crippen LogP contribution in [-0.4, -0.2) is 34.4 Å². The van der Waals surface area contributed by atoms with Gasteiger partial charge in [0.2, 0.25) is 11.0 Å². The van der Waals surface area contributed by atoms with Gasteiger partial charge in [-0.15, -0.1) is 21.5 Å². The number of rotatable bonds is 8. The summed E-state index contributed by atoms with van der Waals surface area (Å²) in [5, 5.41) is 17.2. The van der Waals surface area contributed by atoms with E-state index in [0.29, 0.717) is 5.75 Å². The first-order valence-electron chi connectivity index (χ1n) is 6.65. The number of carbonyl (C=O) groups is 1. The van der Waals surface area contributed by atoms with Crippen molar-refractivity contribution in [1.82, 2.24) is 15.5 Å². The molecule has 2 heterocycles. The second-order valence-corrected chi connectivity index (χ2v) is 7.87. The summed E-state index contributed by atoms with van der Waals surface area (Å²) < 4.78 is 0.813. The molecule has 5 nitrogen and oxygen atoms in total. The van der Waals surface area contributed by atoms with Crippen molar-refractivity contribution in [1.29, 1.82) is 0 Å². The number of nitrogens with zero attached hydrogens (tertiary/aromatic N) is 2. The molecule has 0 aliphatic carbocycles. The Hall–Kier alpha value is -1.12. The van der Waals surface area contributed by atoms with Crippen LogP contribution in [0.4, 0.5) is 5.13 Å². The molecular formula is C13H18N4OS3. The Bertz CT molecular complexity index is 554. The highest BCUT2D eigenvalue weighted by Crippen LogP contribution is 2.25. The third-order valence-corrected chi connectivity index (χ3v) is 5.36. The normalized spacial score (nSPS) is 10.8. The molecule has 2 rings (SSSR count). The quantitative estimate of drug-likeness (QED) is 0.722. The van der Waals surface area contributed by atoms with Gasteiger partial charge in [-0.05, 0) is 31.7 Å². The molecule has 0 unspecified atom stereocenters. The van der Waals surface area contributed by atoms with Crippen molar-refractivity contribution in [3.05, 3.63) is 22.4 Å². The SMILES string of the molecule is CC(C)NC(=O)CSc1nnc(NCCc2cccs2)s1. The van der Waals surface area contributed by atoms with Gasteiger partial charge in [0.15, 0.2) is 4.34 Å². The summed E-state index contributed by atoms with van der Waals surface area (Å²) in [5.74, 6) is 0.402. The standard InChI is InChI=1S/C13H18N4OS3/c1-9(2)15-11(18)8-20-13-17-16-12(21-13)14-6-5-10-4-3-7-19-10/h3-4,7,9H,5-6,8H2,1-2H3,(H,14,16)(H,15,18). The zero-order valence-corrected chi connectivity index (χ0v) is 14.4. The molecule has 0 radical (unpaired) electrons. The fourth-order valence-electron chi connectivity index (χ4n) is 1.58. The number of amides is 1. The van der Waals surface area contributed by atoms with Crippen LogP contribution in [0.1, 0.15) is 18.7 Å². The highest BCUT2D eigenvalue weighted by molar-refractivity contribution is 8.01. The molecule has 0 saturated heterocycles. The van der Waals surface area contributed by atoms with Gasteiger partial charge >= 0.3 is 0 Å². The molecule has 0 atom stereocenters.